The van der Waals surface area contributed by atoms with Crippen LogP contribution in [0.1, 0.15) is 17.4 Å². The molecule has 0 amide bonds. The molecule has 108 valence electrons. The second kappa shape index (κ2) is 6.58. The Labute approximate surface area is 122 Å². The van der Waals surface area contributed by atoms with Gasteiger partial charge in [-0.15, -0.1) is 0 Å². The lowest BCUT2D eigenvalue weighted by Crippen LogP contribution is -1.96. The smallest absolute Gasteiger partial charge is 0.184 e. The molecule has 1 fully saturated rings. The van der Waals surface area contributed by atoms with Gasteiger partial charge in [0.2, 0.25) is 0 Å². The molecule has 0 radical (unpaired) electrons. The highest BCUT2D eigenvalue weighted by atomic mass is 16.7. The van der Waals surface area contributed by atoms with Crippen LogP contribution in [-0.2, 0) is 16.1 Å². The highest BCUT2D eigenvalue weighted by molar-refractivity contribution is 5.42. The Morgan fingerprint density at radius 2 is 1.38 bits per heavy atom. The predicted molar refractivity (Wildman–Crippen MR) is 77.6 cm³/mol. The summed E-state index contributed by atoms with van der Waals surface area (Å²) in [7, 11) is 0. The molecule has 0 bridgehead atoms. The van der Waals surface area contributed by atoms with Gasteiger partial charge in [-0.1, -0.05) is 24.3 Å². The van der Waals surface area contributed by atoms with Gasteiger partial charge in [-0.25, -0.2) is 0 Å². The molecule has 0 spiro atoms. The lowest BCUT2D eigenvalue weighted by molar-refractivity contribution is -0.0441. The summed E-state index contributed by atoms with van der Waals surface area (Å²) in [6.07, 6.45) is -0.262. The van der Waals surface area contributed by atoms with Gasteiger partial charge in [0.1, 0.15) is 0 Å². The molecule has 0 atom stereocenters. The van der Waals surface area contributed by atoms with Crippen molar-refractivity contribution in [1.29, 1.82) is 0 Å². The molecule has 0 saturated carbocycles. The number of azo groups is 1. The van der Waals surface area contributed by atoms with Crippen molar-refractivity contribution < 1.29 is 14.6 Å². The van der Waals surface area contributed by atoms with E-state index in [1.807, 2.05) is 48.5 Å². The van der Waals surface area contributed by atoms with Crippen molar-refractivity contribution >= 4 is 11.4 Å². The predicted octanol–water partition coefficient (Wildman–Crippen LogP) is 3.64. The summed E-state index contributed by atoms with van der Waals surface area (Å²) in [5.74, 6) is 0. The highest BCUT2D eigenvalue weighted by Gasteiger charge is 2.17. The molecule has 1 aliphatic heterocycles. The molecule has 3 rings (SSSR count). The SMILES string of the molecule is OCc1ccc(N=Nc2ccc(C3OCCO3)cc2)cc1. The van der Waals surface area contributed by atoms with E-state index in [0.717, 1.165) is 22.5 Å². The molecular weight excluding hydrogens is 268 g/mol. The lowest BCUT2D eigenvalue weighted by Gasteiger charge is -2.08. The zero-order valence-corrected chi connectivity index (χ0v) is 11.5. The summed E-state index contributed by atoms with van der Waals surface area (Å²) in [6.45, 7) is 1.30. The summed E-state index contributed by atoms with van der Waals surface area (Å²) in [4.78, 5) is 0. The van der Waals surface area contributed by atoms with Gasteiger partial charge in [-0.2, -0.15) is 10.2 Å². The van der Waals surface area contributed by atoms with E-state index in [1.165, 1.54) is 0 Å². The normalized spacial score (nSPS) is 15.9. The van der Waals surface area contributed by atoms with Crippen molar-refractivity contribution in [3.8, 4) is 0 Å². The van der Waals surface area contributed by atoms with E-state index in [4.69, 9.17) is 14.6 Å². The number of ether oxygens (including phenoxy) is 2. The Morgan fingerprint density at radius 1 is 0.857 bits per heavy atom. The summed E-state index contributed by atoms with van der Waals surface area (Å²) >= 11 is 0. The minimum absolute atomic E-state index is 0.0319. The number of aliphatic hydroxyl groups is 1. The Balaban J connectivity index is 1.67. The number of nitrogens with zero attached hydrogens (tertiary/aromatic N) is 2. The maximum atomic E-state index is 8.98. The average molecular weight is 284 g/mol. The van der Waals surface area contributed by atoms with E-state index < -0.39 is 0 Å². The van der Waals surface area contributed by atoms with Crippen molar-refractivity contribution in [2.75, 3.05) is 13.2 Å². The topological polar surface area (TPSA) is 63.4 Å². The Morgan fingerprint density at radius 3 is 1.90 bits per heavy atom. The molecular formula is C16H16N2O3. The minimum Gasteiger partial charge on any atom is -0.392 e. The molecule has 1 aliphatic rings. The second-order valence-electron chi connectivity index (χ2n) is 4.69. The van der Waals surface area contributed by atoms with Gasteiger partial charge in [0.25, 0.3) is 0 Å². The lowest BCUT2D eigenvalue weighted by atomic mass is 10.2. The zero-order valence-electron chi connectivity index (χ0n) is 11.5. The van der Waals surface area contributed by atoms with Crippen LogP contribution < -0.4 is 0 Å². The third-order valence-electron chi connectivity index (χ3n) is 3.19. The standard InChI is InChI=1S/C16H16N2O3/c19-11-12-1-5-14(6-2-12)17-18-15-7-3-13(4-8-15)16-20-9-10-21-16/h1-8,16,19H,9-11H2. The minimum atomic E-state index is -0.262. The molecule has 21 heavy (non-hydrogen) atoms. The Bertz CT molecular complexity index is 602. The van der Waals surface area contributed by atoms with Gasteiger partial charge in [0.15, 0.2) is 6.29 Å². The first kappa shape index (κ1) is 13.9. The van der Waals surface area contributed by atoms with Crippen molar-refractivity contribution in [2.45, 2.75) is 12.9 Å². The maximum absolute atomic E-state index is 8.98. The number of hydrogen-bond acceptors (Lipinski definition) is 5. The first-order valence-electron chi connectivity index (χ1n) is 6.80. The quantitative estimate of drug-likeness (QED) is 0.872. The fourth-order valence-corrected chi connectivity index (χ4v) is 2.03. The molecule has 2 aromatic carbocycles. The van der Waals surface area contributed by atoms with Crippen LogP contribution in [0.3, 0.4) is 0 Å². The van der Waals surface area contributed by atoms with Gasteiger partial charge in [0, 0.05) is 5.56 Å². The second-order valence-corrected chi connectivity index (χ2v) is 4.69. The van der Waals surface area contributed by atoms with Gasteiger partial charge in [0.05, 0.1) is 31.2 Å². The van der Waals surface area contributed by atoms with Crippen LogP contribution >= 0.6 is 0 Å². The van der Waals surface area contributed by atoms with Crippen molar-refractivity contribution in [2.24, 2.45) is 10.2 Å². The van der Waals surface area contributed by atoms with Crippen LogP contribution in [0.5, 0.6) is 0 Å². The first-order chi connectivity index (χ1) is 10.3. The first-order valence-corrected chi connectivity index (χ1v) is 6.80. The fraction of sp³-hybridized carbons (Fsp3) is 0.250. The van der Waals surface area contributed by atoms with Crippen LogP contribution in [0.15, 0.2) is 58.8 Å². The summed E-state index contributed by atoms with van der Waals surface area (Å²) < 4.78 is 10.9. The maximum Gasteiger partial charge on any atom is 0.184 e. The molecule has 2 aromatic rings. The molecule has 0 aliphatic carbocycles. The fourth-order valence-electron chi connectivity index (χ4n) is 2.03. The molecule has 1 saturated heterocycles. The van der Waals surface area contributed by atoms with E-state index in [-0.39, 0.29) is 12.9 Å². The molecule has 1 heterocycles. The molecule has 0 unspecified atom stereocenters. The van der Waals surface area contributed by atoms with Gasteiger partial charge >= 0.3 is 0 Å². The Kier molecular flexibility index (Phi) is 4.35. The highest BCUT2D eigenvalue weighted by Crippen LogP contribution is 2.26. The van der Waals surface area contributed by atoms with Crippen molar-refractivity contribution in [3.63, 3.8) is 0 Å². The van der Waals surface area contributed by atoms with Crippen molar-refractivity contribution in [3.05, 3.63) is 59.7 Å². The summed E-state index contributed by atoms with van der Waals surface area (Å²) in [5.41, 5.74) is 3.36. The average Bonchev–Trinajstić information content (AvgIpc) is 3.08. The molecule has 0 aromatic heterocycles. The molecule has 1 N–H and O–H groups in total. The third kappa shape index (κ3) is 3.52. The molecule has 5 heteroatoms. The number of benzene rings is 2. The largest absolute Gasteiger partial charge is 0.392 e. The van der Waals surface area contributed by atoms with Gasteiger partial charge in [-0.05, 0) is 29.8 Å². The van der Waals surface area contributed by atoms with Crippen LogP contribution in [-0.4, -0.2) is 18.3 Å². The van der Waals surface area contributed by atoms with E-state index in [2.05, 4.69) is 10.2 Å². The zero-order chi connectivity index (χ0) is 14.5. The van der Waals surface area contributed by atoms with E-state index in [0.29, 0.717) is 13.2 Å². The van der Waals surface area contributed by atoms with Gasteiger partial charge in [-0.3, -0.25) is 0 Å². The van der Waals surface area contributed by atoms with Crippen LogP contribution in [0.25, 0.3) is 0 Å². The van der Waals surface area contributed by atoms with Crippen LogP contribution in [0.4, 0.5) is 11.4 Å². The molecule has 5 nitrogen and oxygen atoms in total. The van der Waals surface area contributed by atoms with Crippen LogP contribution in [0.2, 0.25) is 0 Å². The summed E-state index contributed by atoms with van der Waals surface area (Å²) in [5, 5.41) is 17.3. The Hall–Kier alpha value is -2.08. The van der Waals surface area contributed by atoms with Crippen LogP contribution in [0, 0.1) is 0 Å². The van der Waals surface area contributed by atoms with Gasteiger partial charge < -0.3 is 14.6 Å². The van der Waals surface area contributed by atoms with Crippen molar-refractivity contribution in [1.82, 2.24) is 0 Å². The number of hydrogen-bond donors (Lipinski definition) is 1. The number of aliphatic hydroxyl groups excluding tert-OH is 1. The summed E-state index contributed by atoms with van der Waals surface area (Å²) in [6, 6.07) is 14.9. The number of rotatable bonds is 4. The third-order valence-corrected chi connectivity index (χ3v) is 3.19. The van der Waals surface area contributed by atoms with E-state index in [1.54, 1.807) is 0 Å². The monoisotopic (exact) mass is 284 g/mol. The van der Waals surface area contributed by atoms with E-state index in [9.17, 15) is 0 Å². The van der Waals surface area contributed by atoms with E-state index >= 15 is 0 Å².